The Morgan fingerprint density at radius 2 is 1.86 bits per heavy atom. The Morgan fingerprint density at radius 3 is 2.50 bits per heavy atom. The molecule has 0 saturated heterocycles. The first kappa shape index (κ1) is 16.7. The number of halogens is 2. The number of carbonyl (C=O) groups excluding carboxylic acids is 1. The van der Waals surface area contributed by atoms with Crippen LogP contribution in [-0.4, -0.2) is 18.6 Å². The minimum absolute atomic E-state index is 0.152. The van der Waals surface area contributed by atoms with E-state index < -0.39 is 0 Å². The van der Waals surface area contributed by atoms with Crippen molar-refractivity contribution in [3.8, 4) is 5.75 Å². The Hall–Kier alpha value is -1.71. The quantitative estimate of drug-likeness (QED) is 0.872. The summed E-state index contributed by atoms with van der Waals surface area (Å²) in [6.45, 7) is 4.26. The Labute approximate surface area is 140 Å². The number of ether oxygens (including phenoxy) is 1. The van der Waals surface area contributed by atoms with Crippen molar-refractivity contribution in [2.24, 2.45) is 0 Å². The summed E-state index contributed by atoms with van der Waals surface area (Å²) in [5.41, 5.74) is 1.57. The second-order valence-corrected chi connectivity index (χ2v) is 5.97. The lowest BCUT2D eigenvalue weighted by atomic mass is 10.2. The van der Waals surface area contributed by atoms with Crippen LogP contribution in [0.5, 0.6) is 5.75 Å². The summed E-state index contributed by atoms with van der Waals surface area (Å²) in [5.74, 6) is 0.526. The zero-order valence-electron chi connectivity index (χ0n) is 12.4. The van der Waals surface area contributed by atoms with E-state index in [-0.39, 0.29) is 11.9 Å². The average molecular weight is 338 g/mol. The molecular formula is C17H17Cl2NO2. The molecule has 116 valence electrons. The second kappa shape index (κ2) is 7.52. The van der Waals surface area contributed by atoms with E-state index in [0.29, 0.717) is 22.2 Å². The molecule has 0 spiro atoms. The van der Waals surface area contributed by atoms with Crippen LogP contribution in [0.1, 0.15) is 22.8 Å². The highest BCUT2D eigenvalue weighted by molar-refractivity contribution is 6.36. The molecule has 0 radical (unpaired) electrons. The topological polar surface area (TPSA) is 38.3 Å². The third kappa shape index (κ3) is 4.65. The lowest BCUT2D eigenvalue weighted by Crippen LogP contribution is -2.36. The molecule has 0 aromatic heterocycles. The van der Waals surface area contributed by atoms with Gasteiger partial charge in [-0.25, -0.2) is 0 Å². The van der Waals surface area contributed by atoms with Crippen LogP contribution in [-0.2, 0) is 0 Å². The molecule has 2 aromatic carbocycles. The molecule has 0 fully saturated rings. The number of hydrogen-bond acceptors (Lipinski definition) is 2. The molecule has 1 atom stereocenters. The fraction of sp³-hybridized carbons (Fsp3) is 0.235. The van der Waals surface area contributed by atoms with Crippen molar-refractivity contribution >= 4 is 29.1 Å². The van der Waals surface area contributed by atoms with Crippen LogP contribution in [0.4, 0.5) is 0 Å². The summed E-state index contributed by atoms with van der Waals surface area (Å²) in [4.78, 5) is 12.1. The van der Waals surface area contributed by atoms with Crippen LogP contribution in [0, 0.1) is 6.92 Å². The van der Waals surface area contributed by atoms with E-state index >= 15 is 0 Å². The molecule has 0 saturated carbocycles. The van der Waals surface area contributed by atoms with Crippen molar-refractivity contribution in [1.82, 2.24) is 5.32 Å². The average Bonchev–Trinajstić information content (AvgIpc) is 2.46. The maximum atomic E-state index is 12.1. The first-order valence-corrected chi connectivity index (χ1v) is 7.66. The van der Waals surface area contributed by atoms with Crippen LogP contribution in [0.2, 0.25) is 10.0 Å². The van der Waals surface area contributed by atoms with Crippen LogP contribution in [0.15, 0.2) is 42.5 Å². The van der Waals surface area contributed by atoms with Crippen molar-refractivity contribution in [1.29, 1.82) is 0 Å². The Morgan fingerprint density at radius 1 is 1.18 bits per heavy atom. The van der Waals surface area contributed by atoms with Gasteiger partial charge in [0.2, 0.25) is 0 Å². The molecule has 5 heteroatoms. The summed E-state index contributed by atoms with van der Waals surface area (Å²) in [6, 6.07) is 12.4. The van der Waals surface area contributed by atoms with Crippen molar-refractivity contribution in [3.05, 3.63) is 63.6 Å². The summed E-state index contributed by atoms with van der Waals surface area (Å²) >= 11 is 11.8. The van der Waals surface area contributed by atoms with Gasteiger partial charge < -0.3 is 10.1 Å². The van der Waals surface area contributed by atoms with Crippen LogP contribution < -0.4 is 10.1 Å². The van der Waals surface area contributed by atoms with Gasteiger partial charge in [0, 0.05) is 5.02 Å². The molecule has 2 rings (SSSR count). The van der Waals surface area contributed by atoms with Crippen molar-refractivity contribution in [2.75, 3.05) is 6.61 Å². The highest BCUT2D eigenvalue weighted by Crippen LogP contribution is 2.21. The summed E-state index contributed by atoms with van der Waals surface area (Å²) in [5, 5.41) is 3.67. The molecule has 0 aliphatic heterocycles. The molecule has 2 aromatic rings. The van der Waals surface area contributed by atoms with Gasteiger partial charge in [0.25, 0.3) is 5.91 Å². The van der Waals surface area contributed by atoms with Crippen LogP contribution in [0.3, 0.4) is 0 Å². The fourth-order valence-corrected chi connectivity index (χ4v) is 2.37. The highest BCUT2D eigenvalue weighted by atomic mass is 35.5. The minimum Gasteiger partial charge on any atom is -0.491 e. The van der Waals surface area contributed by atoms with Gasteiger partial charge in [-0.15, -0.1) is 0 Å². The van der Waals surface area contributed by atoms with Crippen molar-refractivity contribution < 1.29 is 9.53 Å². The number of nitrogens with one attached hydrogen (secondary N) is 1. The number of benzene rings is 2. The Kier molecular flexibility index (Phi) is 5.69. The summed E-state index contributed by atoms with van der Waals surface area (Å²) < 4.78 is 5.64. The first-order chi connectivity index (χ1) is 10.5. The van der Waals surface area contributed by atoms with E-state index in [4.69, 9.17) is 27.9 Å². The Balaban J connectivity index is 1.89. The van der Waals surface area contributed by atoms with Gasteiger partial charge in [-0.2, -0.15) is 0 Å². The largest absolute Gasteiger partial charge is 0.491 e. The van der Waals surface area contributed by atoms with E-state index in [0.717, 1.165) is 5.75 Å². The molecule has 22 heavy (non-hydrogen) atoms. The highest BCUT2D eigenvalue weighted by Gasteiger charge is 2.13. The van der Waals surface area contributed by atoms with Gasteiger partial charge in [-0.05, 0) is 44.2 Å². The van der Waals surface area contributed by atoms with Gasteiger partial charge in [0.1, 0.15) is 12.4 Å². The standard InChI is InChI=1S/C17H17Cl2NO2/c1-11-3-6-14(7-4-11)22-10-12(2)20-17(21)15-8-5-13(18)9-16(15)19/h3-9,12H,10H2,1-2H3,(H,20,21)/t12-/m0/s1. The van der Waals surface area contributed by atoms with E-state index in [1.54, 1.807) is 18.2 Å². The fourth-order valence-electron chi connectivity index (χ4n) is 1.87. The zero-order chi connectivity index (χ0) is 16.1. The van der Waals surface area contributed by atoms with Gasteiger partial charge in [0.15, 0.2) is 0 Å². The maximum Gasteiger partial charge on any atom is 0.253 e. The summed E-state index contributed by atoms with van der Waals surface area (Å²) in [7, 11) is 0. The van der Waals surface area contributed by atoms with Gasteiger partial charge in [-0.3, -0.25) is 4.79 Å². The minimum atomic E-state index is -0.248. The van der Waals surface area contributed by atoms with Gasteiger partial charge in [0.05, 0.1) is 16.6 Å². The third-order valence-corrected chi connectivity index (χ3v) is 3.62. The van der Waals surface area contributed by atoms with E-state index in [2.05, 4.69) is 5.32 Å². The lowest BCUT2D eigenvalue weighted by molar-refractivity contribution is 0.0927. The monoisotopic (exact) mass is 337 g/mol. The van der Waals surface area contributed by atoms with Crippen molar-refractivity contribution in [3.63, 3.8) is 0 Å². The lowest BCUT2D eigenvalue weighted by Gasteiger charge is -2.15. The number of aryl methyl sites for hydroxylation is 1. The van der Waals surface area contributed by atoms with Crippen molar-refractivity contribution in [2.45, 2.75) is 19.9 Å². The zero-order valence-corrected chi connectivity index (χ0v) is 13.9. The molecule has 1 amide bonds. The molecule has 0 aliphatic carbocycles. The summed E-state index contributed by atoms with van der Waals surface area (Å²) in [6.07, 6.45) is 0. The SMILES string of the molecule is Cc1ccc(OC[C@H](C)NC(=O)c2ccc(Cl)cc2Cl)cc1. The third-order valence-electron chi connectivity index (χ3n) is 3.07. The molecule has 3 nitrogen and oxygen atoms in total. The molecule has 0 heterocycles. The van der Waals surface area contributed by atoms with Gasteiger partial charge in [-0.1, -0.05) is 40.9 Å². The molecule has 0 bridgehead atoms. The normalized spacial score (nSPS) is 11.8. The molecule has 1 N–H and O–H groups in total. The van der Waals surface area contributed by atoms with E-state index in [9.17, 15) is 4.79 Å². The number of rotatable bonds is 5. The molecular weight excluding hydrogens is 321 g/mol. The number of amides is 1. The van der Waals surface area contributed by atoms with Crippen LogP contribution >= 0.6 is 23.2 Å². The van der Waals surface area contributed by atoms with E-state index in [1.807, 2.05) is 38.1 Å². The van der Waals surface area contributed by atoms with Gasteiger partial charge >= 0.3 is 0 Å². The number of hydrogen-bond donors (Lipinski definition) is 1. The smallest absolute Gasteiger partial charge is 0.253 e. The predicted octanol–water partition coefficient (Wildman–Crippen LogP) is 4.50. The van der Waals surface area contributed by atoms with E-state index in [1.165, 1.54) is 5.56 Å². The molecule has 0 aliphatic rings. The second-order valence-electron chi connectivity index (χ2n) is 5.12. The maximum absolute atomic E-state index is 12.1. The Bertz CT molecular complexity index is 656. The molecule has 0 unspecified atom stereocenters. The van der Waals surface area contributed by atoms with Crippen LogP contribution in [0.25, 0.3) is 0 Å². The number of carbonyl (C=O) groups is 1. The predicted molar refractivity (Wildman–Crippen MR) is 90.1 cm³/mol. The first-order valence-electron chi connectivity index (χ1n) is 6.91.